The van der Waals surface area contributed by atoms with Gasteiger partial charge in [0.25, 0.3) is 0 Å². The molecule has 0 radical (unpaired) electrons. The van der Waals surface area contributed by atoms with Crippen LogP contribution in [-0.4, -0.2) is 19.5 Å². The highest BCUT2D eigenvalue weighted by Crippen LogP contribution is 2.27. The van der Waals surface area contributed by atoms with Gasteiger partial charge in [-0.1, -0.05) is 0 Å². The molecule has 2 aromatic rings. The molecule has 15 heavy (non-hydrogen) atoms. The van der Waals surface area contributed by atoms with Gasteiger partial charge in [-0.2, -0.15) is 13.2 Å². The molecule has 4 nitrogen and oxygen atoms in total. The summed E-state index contributed by atoms with van der Waals surface area (Å²) in [4.78, 5) is 10.8. The van der Waals surface area contributed by atoms with Crippen molar-refractivity contribution in [2.24, 2.45) is 0 Å². The van der Waals surface area contributed by atoms with Gasteiger partial charge in [0, 0.05) is 18.6 Å². The van der Waals surface area contributed by atoms with Crippen molar-refractivity contribution in [1.82, 2.24) is 19.5 Å². The van der Waals surface area contributed by atoms with Crippen molar-refractivity contribution < 1.29 is 13.2 Å². The SMILES string of the molecule is FC(F)(F)c1cn(-c2ncccn2)cn1. The van der Waals surface area contributed by atoms with E-state index >= 15 is 0 Å². The van der Waals surface area contributed by atoms with Gasteiger partial charge in [-0.3, -0.25) is 4.57 Å². The lowest BCUT2D eigenvalue weighted by Crippen LogP contribution is -2.05. The molecule has 0 aliphatic rings. The van der Waals surface area contributed by atoms with Crippen LogP contribution < -0.4 is 0 Å². The molecule has 0 bridgehead atoms. The molecule has 0 amide bonds. The summed E-state index contributed by atoms with van der Waals surface area (Å²) in [5, 5.41) is 0. The zero-order valence-electron chi connectivity index (χ0n) is 7.31. The van der Waals surface area contributed by atoms with Crippen LogP contribution in [0.15, 0.2) is 31.0 Å². The molecular weight excluding hydrogens is 209 g/mol. The van der Waals surface area contributed by atoms with Crippen LogP contribution in [0.4, 0.5) is 13.2 Å². The Morgan fingerprint density at radius 1 is 1.07 bits per heavy atom. The van der Waals surface area contributed by atoms with Crippen LogP contribution >= 0.6 is 0 Å². The van der Waals surface area contributed by atoms with Gasteiger partial charge in [-0.05, 0) is 6.07 Å². The van der Waals surface area contributed by atoms with E-state index in [1.54, 1.807) is 6.07 Å². The molecule has 0 aliphatic heterocycles. The van der Waals surface area contributed by atoms with Gasteiger partial charge in [0.1, 0.15) is 6.33 Å². The van der Waals surface area contributed by atoms with Crippen LogP contribution in [0.25, 0.3) is 5.95 Å². The summed E-state index contributed by atoms with van der Waals surface area (Å²) in [5.41, 5.74) is -0.963. The molecule has 2 heterocycles. The largest absolute Gasteiger partial charge is 0.434 e. The van der Waals surface area contributed by atoms with Crippen LogP contribution in [0.5, 0.6) is 0 Å². The summed E-state index contributed by atoms with van der Waals surface area (Å²) < 4.78 is 37.7. The van der Waals surface area contributed by atoms with E-state index in [1.807, 2.05) is 0 Å². The van der Waals surface area contributed by atoms with E-state index in [2.05, 4.69) is 15.0 Å². The van der Waals surface area contributed by atoms with Crippen molar-refractivity contribution in [3.63, 3.8) is 0 Å². The molecule has 0 fully saturated rings. The summed E-state index contributed by atoms with van der Waals surface area (Å²) in [7, 11) is 0. The number of nitrogens with zero attached hydrogens (tertiary/aromatic N) is 4. The van der Waals surface area contributed by atoms with Gasteiger partial charge in [0.05, 0.1) is 0 Å². The Hall–Kier alpha value is -1.92. The van der Waals surface area contributed by atoms with Gasteiger partial charge in [-0.15, -0.1) is 0 Å². The van der Waals surface area contributed by atoms with Crippen molar-refractivity contribution in [2.45, 2.75) is 6.18 Å². The molecular formula is C8H5F3N4. The zero-order chi connectivity index (χ0) is 10.9. The monoisotopic (exact) mass is 214 g/mol. The van der Waals surface area contributed by atoms with E-state index in [4.69, 9.17) is 0 Å². The average molecular weight is 214 g/mol. The number of hydrogen-bond donors (Lipinski definition) is 0. The normalized spacial score (nSPS) is 11.7. The number of imidazole rings is 1. The molecule has 0 atom stereocenters. The molecule has 0 unspecified atom stereocenters. The number of rotatable bonds is 1. The molecule has 0 aliphatic carbocycles. The third kappa shape index (κ3) is 1.95. The number of halogens is 3. The predicted molar refractivity (Wildman–Crippen MR) is 44.2 cm³/mol. The quantitative estimate of drug-likeness (QED) is 0.725. The van der Waals surface area contributed by atoms with Crippen molar-refractivity contribution in [3.8, 4) is 5.95 Å². The Morgan fingerprint density at radius 2 is 1.73 bits per heavy atom. The van der Waals surface area contributed by atoms with Gasteiger partial charge < -0.3 is 0 Å². The fourth-order valence-corrected chi connectivity index (χ4v) is 1.00. The minimum absolute atomic E-state index is 0.153. The Balaban J connectivity index is 2.37. The van der Waals surface area contributed by atoms with E-state index in [9.17, 15) is 13.2 Å². The lowest BCUT2D eigenvalue weighted by molar-refractivity contribution is -0.140. The molecule has 0 aromatic carbocycles. The van der Waals surface area contributed by atoms with E-state index < -0.39 is 11.9 Å². The van der Waals surface area contributed by atoms with Crippen LogP contribution in [0, 0.1) is 0 Å². The number of alkyl halides is 3. The summed E-state index contributed by atoms with van der Waals surface area (Å²) in [6.45, 7) is 0. The Morgan fingerprint density at radius 3 is 2.27 bits per heavy atom. The first-order chi connectivity index (χ1) is 7.07. The fourth-order valence-electron chi connectivity index (χ4n) is 1.00. The van der Waals surface area contributed by atoms with E-state index in [1.165, 1.54) is 12.4 Å². The molecule has 0 saturated carbocycles. The van der Waals surface area contributed by atoms with Crippen molar-refractivity contribution >= 4 is 0 Å². The maximum Gasteiger partial charge on any atom is 0.434 e. The molecule has 0 saturated heterocycles. The second kappa shape index (κ2) is 3.34. The van der Waals surface area contributed by atoms with E-state index in [0.717, 1.165) is 17.1 Å². The van der Waals surface area contributed by atoms with Crippen LogP contribution in [-0.2, 0) is 6.18 Å². The average Bonchev–Trinajstić information content (AvgIpc) is 2.67. The second-order valence-corrected chi connectivity index (χ2v) is 2.71. The minimum atomic E-state index is -4.44. The standard InChI is InChI=1S/C8H5F3N4/c9-8(10,11)6-4-15(5-14-6)7-12-2-1-3-13-7/h1-5H. The predicted octanol–water partition coefficient (Wildman–Crippen LogP) is 1.68. The topological polar surface area (TPSA) is 43.6 Å². The van der Waals surface area contributed by atoms with Crippen molar-refractivity contribution in [2.75, 3.05) is 0 Å². The fraction of sp³-hybridized carbons (Fsp3) is 0.125. The third-order valence-corrected chi connectivity index (χ3v) is 1.66. The zero-order valence-corrected chi connectivity index (χ0v) is 7.31. The molecule has 0 spiro atoms. The molecule has 0 N–H and O–H groups in total. The third-order valence-electron chi connectivity index (χ3n) is 1.66. The first-order valence-corrected chi connectivity index (χ1v) is 3.96. The summed E-state index contributed by atoms with van der Waals surface area (Å²) in [6, 6.07) is 1.57. The van der Waals surface area contributed by atoms with Crippen molar-refractivity contribution in [3.05, 3.63) is 36.7 Å². The van der Waals surface area contributed by atoms with Crippen LogP contribution in [0.2, 0.25) is 0 Å². The highest BCUT2D eigenvalue weighted by Gasteiger charge is 2.33. The van der Waals surface area contributed by atoms with Gasteiger partial charge in [0.15, 0.2) is 5.69 Å². The van der Waals surface area contributed by atoms with Crippen LogP contribution in [0.1, 0.15) is 5.69 Å². The molecule has 2 aromatic heterocycles. The maximum absolute atomic E-state index is 12.2. The summed E-state index contributed by atoms with van der Waals surface area (Å²) >= 11 is 0. The molecule has 2 rings (SSSR count). The lowest BCUT2D eigenvalue weighted by atomic mass is 10.5. The number of hydrogen-bond acceptors (Lipinski definition) is 3. The van der Waals surface area contributed by atoms with Crippen molar-refractivity contribution in [1.29, 1.82) is 0 Å². The smallest absolute Gasteiger partial charge is 0.274 e. The minimum Gasteiger partial charge on any atom is -0.274 e. The molecule has 78 valence electrons. The van der Waals surface area contributed by atoms with Gasteiger partial charge in [0.2, 0.25) is 5.95 Å². The molecule has 7 heteroatoms. The Labute approximate surface area is 82.4 Å². The number of aromatic nitrogens is 4. The first-order valence-electron chi connectivity index (χ1n) is 3.96. The summed E-state index contributed by atoms with van der Waals surface area (Å²) in [6.07, 6.45) is 0.304. The van der Waals surface area contributed by atoms with Gasteiger partial charge in [-0.25, -0.2) is 15.0 Å². The first kappa shape index (κ1) is 9.63. The Bertz CT molecular complexity index is 448. The highest BCUT2D eigenvalue weighted by molar-refractivity contribution is 5.14. The maximum atomic E-state index is 12.2. The van der Waals surface area contributed by atoms with E-state index in [0.29, 0.717) is 0 Å². The van der Waals surface area contributed by atoms with E-state index in [-0.39, 0.29) is 5.95 Å². The lowest BCUT2D eigenvalue weighted by Gasteiger charge is -2.00. The van der Waals surface area contributed by atoms with Crippen LogP contribution in [0.3, 0.4) is 0 Å². The van der Waals surface area contributed by atoms with Gasteiger partial charge >= 0.3 is 6.18 Å². The Kier molecular flexibility index (Phi) is 2.14. The highest BCUT2D eigenvalue weighted by atomic mass is 19.4. The summed E-state index contributed by atoms with van der Waals surface area (Å²) in [5.74, 6) is 0.153. The second-order valence-electron chi connectivity index (χ2n) is 2.71.